The van der Waals surface area contributed by atoms with Crippen LogP contribution in [-0.4, -0.2) is 25.8 Å². The molecule has 0 amide bonds. The summed E-state index contributed by atoms with van der Waals surface area (Å²) in [5.74, 6) is 0. The van der Waals surface area contributed by atoms with Gasteiger partial charge >= 0.3 is 0 Å². The number of hydrogen-bond acceptors (Lipinski definition) is 3. The minimum atomic E-state index is -3.40. The molecule has 0 spiro atoms. The number of aryl methyl sites for hydroxylation is 2. The van der Waals surface area contributed by atoms with E-state index in [1.54, 1.807) is 12.1 Å². The van der Waals surface area contributed by atoms with Gasteiger partial charge in [0.1, 0.15) is 0 Å². The van der Waals surface area contributed by atoms with Crippen molar-refractivity contribution >= 4 is 10.0 Å². The predicted octanol–water partition coefficient (Wildman–Crippen LogP) is 4.18. The van der Waals surface area contributed by atoms with Gasteiger partial charge in [-0.1, -0.05) is 49.7 Å². The van der Waals surface area contributed by atoms with Crippen LogP contribution in [0.2, 0.25) is 0 Å². The molecule has 2 aromatic carbocycles. The molecule has 26 heavy (non-hydrogen) atoms. The summed E-state index contributed by atoms with van der Waals surface area (Å²) in [4.78, 5) is 0.353. The third-order valence-electron chi connectivity index (χ3n) is 4.82. The molecule has 0 aliphatic carbocycles. The van der Waals surface area contributed by atoms with Crippen LogP contribution in [0.5, 0.6) is 0 Å². The third kappa shape index (κ3) is 4.72. The number of rotatable bonds is 8. The summed E-state index contributed by atoms with van der Waals surface area (Å²) in [5.41, 5.74) is 4.91. The van der Waals surface area contributed by atoms with Crippen molar-refractivity contribution in [2.24, 2.45) is 0 Å². The van der Waals surface area contributed by atoms with Crippen LogP contribution < -0.4 is 5.32 Å². The molecule has 0 aromatic heterocycles. The van der Waals surface area contributed by atoms with E-state index in [0.717, 1.165) is 12.1 Å². The van der Waals surface area contributed by atoms with Crippen LogP contribution in [0.3, 0.4) is 0 Å². The summed E-state index contributed by atoms with van der Waals surface area (Å²) >= 11 is 0. The van der Waals surface area contributed by atoms with E-state index < -0.39 is 10.0 Å². The summed E-state index contributed by atoms with van der Waals surface area (Å²) in [6.45, 7) is 11.8. The molecule has 1 atom stereocenters. The van der Waals surface area contributed by atoms with Crippen LogP contribution in [0.15, 0.2) is 47.4 Å². The van der Waals surface area contributed by atoms with Crippen molar-refractivity contribution in [3.05, 3.63) is 64.7 Å². The summed E-state index contributed by atoms with van der Waals surface area (Å²) in [7, 11) is -3.40. The Morgan fingerprint density at radius 2 is 1.62 bits per heavy atom. The molecule has 0 radical (unpaired) electrons. The second-order valence-electron chi connectivity index (χ2n) is 6.69. The minimum absolute atomic E-state index is 0.140. The van der Waals surface area contributed by atoms with Crippen molar-refractivity contribution < 1.29 is 8.42 Å². The van der Waals surface area contributed by atoms with Gasteiger partial charge in [-0.3, -0.25) is 0 Å². The molecule has 0 saturated heterocycles. The number of hydrogen-bond donors (Lipinski definition) is 1. The molecule has 4 nitrogen and oxygen atoms in total. The Morgan fingerprint density at radius 1 is 1.00 bits per heavy atom. The van der Waals surface area contributed by atoms with Crippen molar-refractivity contribution in [1.82, 2.24) is 9.62 Å². The fourth-order valence-electron chi connectivity index (χ4n) is 3.07. The lowest BCUT2D eigenvalue weighted by Crippen LogP contribution is -2.30. The van der Waals surface area contributed by atoms with Gasteiger partial charge in [-0.2, -0.15) is 4.31 Å². The van der Waals surface area contributed by atoms with Crippen molar-refractivity contribution in [1.29, 1.82) is 0 Å². The van der Waals surface area contributed by atoms with Gasteiger partial charge in [0.15, 0.2) is 0 Å². The first-order chi connectivity index (χ1) is 12.3. The maximum absolute atomic E-state index is 12.6. The average Bonchev–Trinajstić information content (AvgIpc) is 2.61. The van der Waals surface area contributed by atoms with Crippen LogP contribution in [0.25, 0.3) is 0 Å². The highest BCUT2D eigenvalue weighted by atomic mass is 32.2. The van der Waals surface area contributed by atoms with Crippen molar-refractivity contribution in [3.8, 4) is 0 Å². The van der Waals surface area contributed by atoms with E-state index in [-0.39, 0.29) is 6.04 Å². The Bertz CT molecular complexity index is 826. The third-order valence-corrected chi connectivity index (χ3v) is 6.88. The maximum Gasteiger partial charge on any atom is 0.243 e. The maximum atomic E-state index is 12.6. The summed E-state index contributed by atoms with van der Waals surface area (Å²) in [6.07, 6.45) is 0. The summed E-state index contributed by atoms with van der Waals surface area (Å²) in [6, 6.07) is 13.8. The Labute approximate surface area is 158 Å². The molecule has 0 aliphatic rings. The van der Waals surface area contributed by atoms with Crippen molar-refractivity contribution in [2.75, 3.05) is 13.1 Å². The van der Waals surface area contributed by atoms with Gasteiger partial charge < -0.3 is 5.32 Å². The lowest BCUT2D eigenvalue weighted by Gasteiger charge is -2.19. The lowest BCUT2D eigenvalue weighted by atomic mass is 10.0. The Morgan fingerprint density at radius 3 is 2.15 bits per heavy atom. The number of nitrogens with zero attached hydrogens (tertiary/aromatic N) is 1. The quantitative estimate of drug-likeness (QED) is 0.754. The Hall–Kier alpha value is -1.69. The van der Waals surface area contributed by atoms with Gasteiger partial charge in [0.05, 0.1) is 4.90 Å². The first kappa shape index (κ1) is 20.6. The Kier molecular flexibility index (Phi) is 6.98. The molecule has 0 bridgehead atoms. The summed E-state index contributed by atoms with van der Waals surface area (Å²) < 4.78 is 26.6. The van der Waals surface area contributed by atoms with E-state index in [2.05, 4.69) is 44.3 Å². The zero-order valence-corrected chi connectivity index (χ0v) is 17.2. The number of nitrogens with one attached hydrogen (secondary N) is 1. The van der Waals surface area contributed by atoms with Crippen LogP contribution >= 0.6 is 0 Å². The number of benzene rings is 2. The lowest BCUT2D eigenvalue weighted by molar-refractivity contribution is 0.445. The highest BCUT2D eigenvalue weighted by Crippen LogP contribution is 2.20. The smallest absolute Gasteiger partial charge is 0.243 e. The van der Waals surface area contributed by atoms with Gasteiger partial charge in [0, 0.05) is 25.7 Å². The van der Waals surface area contributed by atoms with Crippen LogP contribution in [0.1, 0.15) is 49.1 Å². The van der Waals surface area contributed by atoms with Gasteiger partial charge in [0.25, 0.3) is 0 Å². The normalized spacial score (nSPS) is 13.2. The van der Waals surface area contributed by atoms with E-state index in [4.69, 9.17) is 0 Å². The molecule has 2 rings (SSSR count). The molecule has 5 heteroatoms. The fourth-order valence-corrected chi connectivity index (χ4v) is 4.52. The van der Waals surface area contributed by atoms with Gasteiger partial charge in [-0.15, -0.1) is 0 Å². The molecule has 0 fully saturated rings. The molecular weight excluding hydrogens is 344 g/mol. The van der Waals surface area contributed by atoms with E-state index >= 15 is 0 Å². The first-order valence-corrected chi connectivity index (χ1v) is 10.6. The zero-order valence-electron chi connectivity index (χ0n) is 16.4. The number of sulfonamides is 1. The second-order valence-corrected chi connectivity index (χ2v) is 8.63. The van der Waals surface area contributed by atoms with E-state index in [9.17, 15) is 8.42 Å². The molecule has 0 aliphatic heterocycles. The SMILES string of the molecule is CCN(CC)S(=O)(=O)c1ccc(C(C)NCc2ccc(C)cc2C)cc1. The average molecular weight is 375 g/mol. The standard InChI is InChI=1S/C21H30N2O2S/c1-6-23(7-2)26(24,25)21-12-10-19(11-13-21)18(5)22-15-20-9-8-16(3)14-17(20)4/h8-14,18,22H,6-7,15H2,1-5H3. The van der Waals surface area contributed by atoms with Crippen LogP contribution in [0.4, 0.5) is 0 Å². The molecular formula is C21H30N2O2S. The highest BCUT2D eigenvalue weighted by molar-refractivity contribution is 7.89. The molecule has 2 aromatic rings. The van der Waals surface area contributed by atoms with Crippen molar-refractivity contribution in [3.63, 3.8) is 0 Å². The molecule has 142 valence electrons. The summed E-state index contributed by atoms with van der Waals surface area (Å²) in [5, 5.41) is 3.52. The molecule has 0 heterocycles. The predicted molar refractivity (Wildman–Crippen MR) is 108 cm³/mol. The van der Waals surface area contributed by atoms with Gasteiger partial charge in [-0.25, -0.2) is 8.42 Å². The molecule has 1 N–H and O–H groups in total. The van der Waals surface area contributed by atoms with E-state index in [1.807, 2.05) is 26.0 Å². The highest BCUT2D eigenvalue weighted by Gasteiger charge is 2.21. The van der Waals surface area contributed by atoms with Crippen LogP contribution in [0, 0.1) is 13.8 Å². The van der Waals surface area contributed by atoms with E-state index in [1.165, 1.54) is 21.0 Å². The fraction of sp³-hybridized carbons (Fsp3) is 0.429. The topological polar surface area (TPSA) is 49.4 Å². The second kappa shape index (κ2) is 8.80. The van der Waals surface area contributed by atoms with Gasteiger partial charge in [0.2, 0.25) is 10.0 Å². The largest absolute Gasteiger partial charge is 0.306 e. The Balaban J connectivity index is 2.07. The van der Waals surface area contributed by atoms with Crippen molar-refractivity contribution in [2.45, 2.75) is 52.1 Å². The van der Waals surface area contributed by atoms with Crippen LogP contribution in [-0.2, 0) is 16.6 Å². The first-order valence-electron chi connectivity index (χ1n) is 9.19. The minimum Gasteiger partial charge on any atom is -0.306 e. The monoisotopic (exact) mass is 374 g/mol. The zero-order chi connectivity index (χ0) is 19.3. The molecule has 1 unspecified atom stereocenters. The molecule has 0 saturated carbocycles. The van der Waals surface area contributed by atoms with Gasteiger partial charge in [-0.05, 0) is 49.6 Å². The van der Waals surface area contributed by atoms with E-state index in [0.29, 0.717) is 18.0 Å².